The second-order valence-electron chi connectivity index (χ2n) is 4.80. The maximum absolute atomic E-state index is 10.9. The molecular weight excluding hydrogens is 192 g/mol. The molecule has 1 unspecified atom stereocenters. The Morgan fingerprint density at radius 1 is 1.47 bits per heavy atom. The van der Waals surface area contributed by atoms with Crippen molar-refractivity contribution >= 4 is 5.97 Å². The van der Waals surface area contributed by atoms with Crippen LogP contribution < -0.4 is 0 Å². The van der Waals surface area contributed by atoms with E-state index in [1.165, 1.54) is 0 Å². The fraction of sp³-hybridized carbons (Fsp3) is 0.917. The van der Waals surface area contributed by atoms with Crippen LogP contribution in [0.25, 0.3) is 0 Å². The standard InChI is InChI=1S/C12H24O3/c1-5-11(13)15-9-12(4,14)8-6-7-10(2)3/h10,14H,5-9H2,1-4H3. The Labute approximate surface area is 92.8 Å². The van der Waals surface area contributed by atoms with Crippen LogP contribution in [0.5, 0.6) is 0 Å². The lowest BCUT2D eigenvalue weighted by Crippen LogP contribution is -2.31. The number of esters is 1. The molecule has 0 spiro atoms. The van der Waals surface area contributed by atoms with Gasteiger partial charge in [-0.15, -0.1) is 0 Å². The summed E-state index contributed by atoms with van der Waals surface area (Å²) in [6.45, 7) is 7.89. The van der Waals surface area contributed by atoms with Gasteiger partial charge in [0.05, 0.1) is 5.60 Å². The first kappa shape index (κ1) is 14.4. The van der Waals surface area contributed by atoms with Crippen molar-refractivity contribution in [1.82, 2.24) is 0 Å². The van der Waals surface area contributed by atoms with Crippen LogP contribution in [0.15, 0.2) is 0 Å². The first-order chi connectivity index (χ1) is 6.87. The molecule has 0 aromatic carbocycles. The molecule has 0 bridgehead atoms. The quantitative estimate of drug-likeness (QED) is 0.665. The largest absolute Gasteiger partial charge is 0.463 e. The summed E-state index contributed by atoms with van der Waals surface area (Å²) in [6, 6.07) is 0. The van der Waals surface area contributed by atoms with Crippen LogP contribution in [0.3, 0.4) is 0 Å². The van der Waals surface area contributed by atoms with E-state index < -0.39 is 5.60 Å². The van der Waals surface area contributed by atoms with Gasteiger partial charge < -0.3 is 9.84 Å². The Morgan fingerprint density at radius 2 is 2.07 bits per heavy atom. The molecule has 0 aliphatic heterocycles. The van der Waals surface area contributed by atoms with Crippen molar-refractivity contribution in [3.05, 3.63) is 0 Å². The van der Waals surface area contributed by atoms with Gasteiger partial charge in [-0.05, 0) is 19.3 Å². The van der Waals surface area contributed by atoms with Crippen LogP contribution in [0.2, 0.25) is 0 Å². The third-order valence-corrected chi connectivity index (χ3v) is 2.33. The molecule has 0 saturated carbocycles. The smallest absolute Gasteiger partial charge is 0.305 e. The number of aliphatic hydroxyl groups is 1. The highest BCUT2D eigenvalue weighted by atomic mass is 16.5. The lowest BCUT2D eigenvalue weighted by atomic mass is 9.97. The maximum atomic E-state index is 10.9. The van der Waals surface area contributed by atoms with Crippen LogP contribution >= 0.6 is 0 Å². The molecule has 0 aromatic heterocycles. The second kappa shape index (κ2) is 6.83. The van der Waals surface area contributed by atoms with Crippen molar-refractivity contribution in [1.29, 1.82) is 0 Å². The molecule has 90 valence electrons. The topological polar surface area (TPSA) is 46.5 Å². The summed E-state index contributed by atoms with van der Waals surface area (Å²) >= 11 is 0. The summed E-state index contributed by atoms with van der Waals surface area (Å²) in [4.78, 5) is 10.9. The summed E-state index contributed by atoms with van der Waals surface area (Å²) in [5.41, 5.74) is -0.875. The van der Waals surface area contributed by atoms with Crippen LogP contribution in [0.1, 0.15) is 53.4 Å². The predicted molar refractivity (Wildman–Crippen MR) is 60.6 cm³/mol. The van der Waals surface area contributed by atoms with E-state index in [2.05, 4.69) is 13.8 Å². The molecule has 0 saturated heterocycles. The average molecular weight is 216 g/mol. The van der Waals surface area contributed by atoms with Gasteiger partial charge in [0.2, 0.25) is 0 Å². The molecule has 0 amide bonds. The Kier molecular flexibility index (Phi) is 6.57. The van der Waals surface area contributed by atoms with Crippen molar-refractivity contribution in [2.24, 2.45) is 5.92 Å². The van der Waals surface area contributed by atoms with Crippen molar-refractivity contribution in [2.75, 3.05) is 6.61 Å². The molecule has 1 atom stereocenters. The molecule has 0 aromatic rings. The molecule has 0 aliphatic rings. The van der Waals surface area contributed by atoms with Gasteiger partial charge in [0.1, 0.15) is 6.61 Å². The van der Waals surface area contributed by atoms with Crippen molar-refractivity contribution in [2.45, 2.75) is 59.0 Å². The summed E-state index contributed by atoms with van der Waals surface area (Å²) in [5, 5.41) is 9.89. The minimum Gasteiger partial charge on any atom is -0.463 e. The van der Waals surface area contributed by atoms with E-state index in [4.69, 9.17) is 4.74 Å². The number of hydrogen-bond donors (Lipinski definition) is 1. The molecule has 15 heavy (non-hydrogen) atoms. The molecule has 0 radical (unpaired) electrons. The fourth-order valence-corrected chi connectivity index (χ4v) is 1.30. The first-order valence-corrected chi connectivity index (χ1v) is 5.75. The van der Waals surface area contributed by atoms with Gasteiger partial charge in [-0.25, -0.2) is 0 Å². The van der Waals surface area contributed by atoms with E-state index in [0.717, 1.165) is 12.8 Å². The Bertz CT molecular complexity index is 185. The van der Waals surface area contributed by atoms with Crippen LogP contribution in [0, 0.1) is 5.92 Å². The molecule has 0 aliphatic carbocycles. The zero-order chi connectivity index (χ0) is 11.9. The lowest BCUT2D eigenvalue weighted by molar-refractivity contribution is -0.150. The normalized spacial score (nSPS) is 15.1. The van der Waals surface area contributed by atoms with E-state index in [-0.39, 0.29) is 12.6 Å². The number of hydrogen-bond acceptors (Lipinski definition) is 3. The average Bonchev–Trinajstić information content (AvgIpc) is 2.13. The van der Waals surface area contributed by atoms with Gasteiger partial charge in [-0.1, -0.05) is 33.6 Å². The Balaban J connectivity index is 3.71. The van der Waals surface area contributed by atoms with E-state index in [1.54, 1.807) is 13.8 Å². The van der Waals surface area contributed by atoms with Gasteiger partial charge in [-0.2, -0.15) is 0 Å². The molecule has 0 fully saturated rings. The van der Waals surface area contributed by atoms with Gasteiger partial charge in [0.15, 0.2) is 0 Å². The van der Waals surface area contributed by atoms with Crippen molar-refractivity contribution < 1.29 is 14.6 Å². The van der Waals surface area contributed by atoms with E-state index in [9.17, 15) is 9.90 Å². The monoisotopic (exact) mass is 216 g/mol. The predicted octanol–water partition coefficient (Wildman–Crippen LogP) is 2.52. The highest BCUT2D eigenvalue weighted by Crippen LogP contribution is 2.16. The zero-order valence-electron chi connectivity index (χ0n) is 10.4. The minimum atomic E-state index is -0.875. The van der Waals surface area contributed by atoms with E-state index >= 15 is 0 Å². The Hall–Kier alpha value is -0.570. The highest BCUT2D eigenvalue weighted by Gasteiger charge is 2.21. The second-order valence-corrected chi connectivity index (χ2v) is 4.80. The van der Waals surface area contributed by atoms with Gasteiger partial charge in [0.25, 0.3) is 0 Å². The van der Waals surface area contributed by atoms with E-state index in [1.807, 2.05) is 0 Å². The van der Waals surface area contributed by atoms with Gasteiger partial charge >= 0.3 is 5.97 Å². The molecular formula is C12H24O3. The number of rotatable bonds is 7. The van der Waals surface area contributed by atoms with Crippen LogP contribution in [-0.2, 0) is 9.53 Å². The van der Waals surface area contributed by atoms with Crippen LogP contribution in [-0.4, -0.2) is 23.3 Å². The van der Waals surface area contributed by atoms with Gasteiger partial charge in [-0.3, -0.25) is 4.79 Å². The van der Waals surface area contributed by atoms with Crippen molar-refractivity contribution in [3.8, 4) is 0 Å². The molecule has 1 N–H and O–H groups in total. The lowest BCUT2D eigenvalue weighted by Gasteiger charge is -2.23. The van der Waals surface area contributed by atoms with Crippen molar-refractivity contribution in [3.63, 3.8) is 0 Å². The number of carbonyl (C=O) groups is 1. The molecule has 3 heteroatoms. The minimum absolute atomic E-state index is 0.109. The number of carbonyl (C=O) groups excluding carboxylic acids is 1. The summed E-state index contributed by atoms with van der Waals surface area (Å²) in [5.74, 6) is 0.401. The number of ether oxygens (including phenoxy) is 1. The Morgan fingerprint density at radius 3 is 2.53 bits per heavy atom. The summed E-state index contributed by atoms with van der Waals surface area (Å²) < 4.78 is 4.92. The molecule has 0 rings (SSSR count). The first-order valence-electron chi connectivity index (χ1n) is 5.75. The fourth-order valence-electron chi connectivity index (χ4n) is 1.30. The molecule has 3 nitrogen and oxygen atoms in total. The van der Waals surface area contributed by atoms with Gasteiger partial charge in [0, 0.05) is 6.42 Å². The SMILES string of the molecule is CCC(=O)OCC(C)(O)CCCC(C)C. The van der Waals surface area contributed by atoms with Crippen LogP contribution in [0.4, 0.5) is 0 Å². The maximum Gasteiger partial charge on any atom is 0.305 e. The van der Waals surface area contributed by atoms with E-state index in [0.29, 0.717) is 18.8 Å². The molecule has 0 heterocycles. The third kappa shape index (κ3) is 8.43. The summed E-state index contributed by atoms with van der Waals surface area (Å²) in [7, 11) is 0. The summed E-state index contributed by atoms with van der Waals surface area (Å²) in [6.07, 6.45) is 3.11. The highest BCUT2D eigenvalue weighted by molar-refractivity contribution is 5.68. The third-order valence-electron chi connectivity index (χ3n) is 2.33. The zero-order valence-corrected chi connectivity index (χ0v) is 10.4.